The van der Waals surface area contributed by atoms with Gasteiger partial charge in [0.25, 0.3) is 0 Å². The second-order valence-corrected chi connectivity index (χ2v) is 29.3. The van der Waals surface area contributed by atoms with Crippen molar-refractivity contribution in [2.24, 2.45) is 0 Å². The minimum Gasteiger partial charge on any atom is -0.310 e. The van der Waals surface area contributed by atoms with Crippen LogP contribution in [0.1, 0.15) is 49.9 Å². The summed E-state index contributed by atoms with van der Waals surface area (Å²) in [5.74, 6) is 0. The molecule has 492 valence electrons. The summed E-state index contributed by atoms with van der Waals surface area (Å²) in [4.78, 5) is 4.83. The van der Waals surface area contributed by atoms with Crippen molar-refractivity contribution in [3.63, 3.8) is 0 Å². The fourth-order valence-corrected chi connectivity index (χ4v) is 17.5. The Hall–Kier alpha value is -13.0. The smallest absolute Gasteiger partial charge is 0.0541 e. The van der Waals surface area contributed by atoms with E-state index >= 15 is 0 Å². The summed E-state index contributed by atoms with van der Waals surface area (Å²) in [6, 6.07) is 135. The largest absolute Gasteiger partial charge is 0.310 e. The minimum absolute atomic E-state index is 0.243. The highest BCUT2D eigenvalue weighted by Gasteiger charge is 2.39. The predicted octanol–water partition coefficient (Wildman–Crippen LogP) is 27.3. The van der Waals surface area contributed by atoms with Gasteiger partial charge >= 0.3 is 0 Å². The van der Waals surface area contributed by atoms with Crippen molar-refractivity contribution >= 4 is 88.5 Å². The first-order valence-corrected chi connectivity index (χ1v) is 36.3. The molecule has 0 amide bonds. The zero-order valence-corrected chi connectivity index (χ0v) is 58.4. The average Bonchev–Trinajstić information content (AvgIpc) is 1.56. The predicted molar refractivity (Wildman–Crippen MR) is 439 cm³/mol. The number of benzene rings is 16. The van der Waals surface area contributed by atoms with Crippen molar-refractivity contribution in [3.8, 4) is 78.1 Å². The number of rotatable bonds is 12. The summed E-state index contributed by atoms with van der Waals surface area (Å²) >= 11 is 0. The number of nitrogens with zero attached hydrogens (tertiary/aromatic N) is 4. The van der Waals surface area contributed by atoms with Crippen LogP contribution in [0.5, 0.6) is 0 Å². The van der Waals surface area contributed by atoms with E-state index in [0.29, 0.717) is 0 Å². The number of para-hydroxylation sites is 4. The summed E-state index contributed by atoms with van der Waals surface area (Å²) in [5.41, 5.74) is 33.3. The third-order valence-electron chi connectivity index (χ3n) is 22.7. The molecule has 0 saturated heterocycles. The van der Waals surface area contributed by atoms with Gasteiger partial charge in [-0.25, -0.2) is 0 Å². The number of fused-ring (bicyclic) bond motifs is 13. The maximum Gasteiger partial charge on any atom is 0.0541 e. The van der Waals surface area contributed by atoms with Gasteiger partial charge in [-0.3, -0.25) is 0 Å². The Morgan fingerprint density at radius 1 is 0.212 bits per heavy atom. The van der Waals surface area contributed by atoms with Crippen molar-refractivity contribution in [3.05, 3.63) is 386 Å². The van der Waals surface area contributed by atoms with Crippen molar-refractivity contribution in [1.82, 2.24) is 9.13 Å². The maximum atomic E-state index is 2.49. The maximum absolute atomic E-state index is 2.49. The van der Waals surface area contributed by atoms with E-state index in [1.54, 1.807) is 0 Å². The van der Waals surface area contributed by atoms with E-state index in [2.05, 4.69) is 411 Å². The van der Waals surface area contributed by atoms with Crippen molar-refractivity contribution in [1.29, 1.82) is 0 Å². The van der Waals surface area contributed by atoms with Crippen LogP contribution < -0.4 is 9.80 Å². The van der Waals surface area contributed by atoms with E-state index in [1.165, 1.54) is 144 Å². The fraction of sp³-hybridized carbons (Fsp3) is 0.0600. The molecule has 4 heteroatoms. The van der Waals surface area contributed by atoms with Crippen LogP contribution in [-0.2, 0) is 10.8 Å². The van der Waals surface area contributed by atoms with Crippen molar-refractivity contribution in [2.75, 3.05) is 9.80 Å². The molecule has 20 rings (SSSR count). The van der Waals surface area contributed by atoms with Gasteiger partial charge in [-0.2, -0.15) is 0 Å². The molecule has 2 heterocycles. The molecule has 2 aromatic heterocycles. The zero-order valence-electron chi connectivity index (χ0n) is 58.4. The molecule has 0 unspecified atom stereocenters. The summed E-state index contributed by atoms with van der Waals surface area (Å²) < 4.78 is 4.93. The molecule has 0 fully saturated rings. The summed E-state index contributed by atoms with van der Waals surface area (Å²) in [6.07, 6.45) is 0. The fourth-order valence-electron chi connectivity index (χ4n) is 17.5. The standard InChI is InChI=1S/C100H72N4/c1-99(2)90-61-77(47-51-82(90)84-53-49-79(63-92(84)99)103-95-38-18-16-36-86(95)87-37-17-19-39-96(87)103)101(74-31-10-6-11-32-74)76-45-41-66(42-46-76)68-27-20-28-69(57-68)70-29-21-30-71(58-70)73-44-56-98-89(60-73)88-59-72(65-23-8-5-9-24-65)43-55-97(88)104(98)80-50-54-85-83-52-48-78(62-91(83)100(3,4)93(85)64-80)102(75-33-12-7-13-34-75)94-40-22-26-67-25-14-15-35-81(67)94/h5-64H,1-4H3. The number of hydrogen-bond donors (Lipinski definition) is 0. The van der Waals surface area contributed by atoms with E-state index in [4.69, 9.17) is 0 Å². The number of anilines is 6. The van der Waals surface area contributed by atoms with Crippen molar-refractivity contribution in [2.45, 2.75) is 38.5 Å². The van der Waals surface area contributed by atoms with Crippen LogP contribution in [0.3, 0.4) is 0 Å². The minimum atomic E-state index is -0.287. The van der Waals surface area contributed by atoms with Gasteiger partial charge < -0.3 is 18.9 Å². The van der Waals surface area contributed by atoms with Gasteiger partial charge in [-0.15, -0.1) is 0 Å². The lowest BCUT2D eigenvalue weighted by Crippen LogP contribution is -2.17. The van der Waals surface area contributed by atoms with Crippen LogP contribution in [0, 0.1) is 0 Å². The van der Waals surface area contributed by atoms with E-state index < -0.39 is 0 Å². The Labute approximate surface area is 606 Å². The molecule has 2 aliphatic carbocycles. The Balaban J connectivity index is 0.614. The monoisotopic (exact) mass is 1330 g/mol. The Kier molecular flexibility index (Phi) is 13.9. The molecule has 2 aliphatic rings. The highest BCUT2D eigenvalue weighted by atomic mass is 15.1. The quantitative estimate of drug-likeness (QED) is 0.121. The van der Waals surface area contributed by atoms with Crippen LogP contribution in [-0.4, -0.2) is 9.13 Å². The molecule has 0 bridgehead atoms. The molecular formula is C100H72N4. The lowest BCUT2D eigenvalue weighted by Gasteiger charge is -2.29. The van der Waals surface area contributed by atoms with Gasteiger partial charge in [-0.1, -0.05) is 252 Å². The molecular weight excluding hydrogens is 1260 g/mol. The van der Waals surface area contributed by atoms with Crippen LogP contribution >= 0.6 is 0 Å². The Morgan fingerprint density at radius 2 is 0.548 bits per heavy atom. The Bertz CT molecular complexity index is 6410. The van der Waals surface area contributed by atoms with Gasteiger partial charge in [-0.05, 0) is 234 Å². The van der Waals surface area contributed by atoms with Gasteiger partial charge in [0.05, 0.1) is 27.8 Å². The average molecular weight is 1330 g/mol. The highest BCUT2D eigenvalue weighted by molar-refractivity contribution is 6.13. The SMILES string of the molecule is CC1(C)c2cc(N(c3ccccc3)c3ccc(-c4cccc(-c5cccc(-c6ccc7c(c6)c6cc(-c8ccccc8)ccc6n7-c6ccc7c(c6)C(C)(C)c6cc(N(c8ccccc8)c8cccc9ccccc89)ccc6-7)c5)c4)cc3)ccc2-c2ccc(-n3c4ccccc4c4ccccc43)cc21. The molecule has 0 N–H and O–H groups in total. The molecule has 4 nitrogen and oxygen atoms in total. The molecule has 104 heavy (non-hydrogen) atoms. The number of hydrogen-bond acceptors (Lipinski definition) is 2. The Morgan fingerprint density at radius 3 is 1.08 bits per heavy atom. The van der Waals surface area contributed by atoms with Crippen LogP contribution in [0.25, 0.3) is 133 Å². The molecule has 16 aromatic carbocycles. The van der Waals surface area contributed by atoms with Gasteiger partial charge in [0, 0.05) is 77.6 Å². The second kappa shape index (κ2) is 23.8. The summed E-state index contributed by atoms with van der Waals surface area (Å²) in [6.45, 7) is 9.59. The normalized spacial score (nSPS) is 13.2. The number of aromatic nitrogens is 2. The summed E-state index contributed by atoms with van der Waals surface area (Å²) in [5, 5.41) is 7.42. The molecule has 18 aromatic rings. The van der Waals surface area contributed by atoms with Gasteiger partial charge in [0.2, 0.25) is 0 Å². The second-order valence-electron chi connectivity index (χ2n) is 29.3. The lowest BCUT2D eigenvalue weighted by atomic mass is 9.82. The van der Waals surface area contributed by atoms with Gasteiger partial charge in [0.1, 0.15) is 0 Å². The van der Waals surface area contributed by atoms with Crippen LogP contribution in [0.2, 0.25) is 0 Å². The summed E-state index contributed by atoms with van der Waals surface area (Å²) in [7, 11) is 0. The first-order valence-electron chi connectivity index (χ1n) is 36.3. The first kappa shape index (κ1) is 60.9. The molecule has 0 atom stereocenters. The first-order chi connectivity index (χ1) is 51.1. The molecule has 0 saturated carbocycles. The van der Waals surface area contributed by atoms with E-state index in [0.717, 1.165) is 45.4 Å². The van der Waals surface area contributed by atoms with E-state index in [9.17, 15) is 0 Å². The molecule has 0 spiro atoms. The molecule has 0 radical (unpaired) electrons. The van der Waals surface area contributed by atoms with Crippen molar-refractivity contribution < 1.29 is 0 Å². The topological polar surface area (TPSA) is 16.3 Å². The van der Waals surface area contributed by atoms with Crippen LogP contribution in [0.4, 0.5) is 34.1 Å². The highest BCUT2D eigenvalue weighted by Crippen LogP contribution is 2.55. The third-order valence-corrected chi connectivity index (χ3v) is 22.7. The zero-order chi connectivity index (χ0) is 69.4. The van der Waals surface area contributed by atoms with Crippen LogP contribution in [0.15, 0.2) is 364 Å². The lowest BCUT2D eigenvalue weighted by molar-refractivity contribution is 0.660. The van der Waals surface area contributed by atoms with E-state index in [-0.39, 0.29) is 10.8 Å². The molecule has 0 aliphatic heterocycles. The van der Waals surface area contributed by atoms with E-state index in [1.807, 2.05) is 0 Å². The third kappa shape index (κ3) is 9.74. The van der Waals surface area contributed by atoms with Gasteiger partial charge in [0.15, 0.2) is 0 Å².